The van der Waals surface area contributed by atoms with Crippen LogP contribution in [-0.4, -0.2) is 9.97 Å². The molecule has 0 amide bonds. The number of aryl methyl sites for hydroxylation is 1. The van der Waals surface area contributed by atoms with Crippen LogP contribution in [-0.2, 0) is 0 Å². The van der Waals surface area contributed by atoms with Gasteiger partial charge in [-0.05, 0) is 28.8 Å². The molecule has 0 atom stereocenters. The molecule has 42 valence electrons. The third-order valence-electron chi connectivity index (χ3n) is 0.527. The average molecular weight is 178 g/mol. The summed E-state index contributed by atoms with van der Waals surface area (Å²) in [5, 5.41) is 0. The van der Waals surface area contributed by atoms with E-state index in [9.17, 15) is 0 Å². The SMILES string of the molecule is [2H]c1nc(Br)nc(C([2H])([2H])[2H])c1[2H]. The summed E-state index contributed by atoms with van der Waals surface area (Å²) in [6.45, 7) is -2.47. The highest BCUT2D eigenvalue weighted by atomic mass is 79.9. The minimum Gasteiger partial charge on any atom is -0.231 e. The van der Waals surface area contributed by atoms with Crippen molar-refractivity contribution < 1.29 is 6.85 Å². The van der Waals surface area contributed by atoms with Gasteiger partial charge in [0.1, 0.15) is 0 Å². The van der Waals surface area contributed by atoms with Gasteiger partial charge in [0.05, 0.1) is 2.74 Å². The lowest BCUT2D eigenvalue weighted by Gasteiger charge is -1.87. The molecule has 1 aromatic rings. The Morgan fingerprint density at radius 2 is 2.88 bits per heavy atom. The second kappa shape index (κ2) is 2.22. The monoisotopic (exact) mass is 177 g/mol. The van der Waals surface area contributed by atoms with Crippen LogP contribution in [0.5, 0.6) is 0 Å². The number of aromatic nitrogens is 2. The third-order valence-corrected chi connectivity index (χ3v) is 0.881. The fraction of sp³-hybridized carbons (Fsp3) is 0.200. The van der Waals surface area contributed by atoms with Crippen LogP contribution >= 0.6 is 15.9 Å². The zero-order chi connectivity index (χ0) is 10.2. The van der Waals surface area contributed by atoms with Crippen LogP contribution in [0.2, 0.25) is 0 Å². The largest absolute Gasteiger partial charge is 0.231 e. The summed E-state index contributed by atoms with van der Waals surface area (Å²) in [6, 6.07) is -0.455. The summed E-state index contributed by atoms with van der Waals surface area (Å²) in [5.74, 6) is 0. The van der Waals surface area contributed by atoms with Crippen molar-refractivity contribution in [3.05, 3.63) is 22.6 Å². The van der Waals surface area contributed by atoms with Gasteiger partial charge in [0, 0.05) is 16.0 Å². The minimum absolute atomic E-state index is 0.0135. The molecule has 0 radical (unpaired) electrons. The summed E-state index contributed by atoms with van der Waals surface area (Å²) < 4.78 is 35.5. The van der Waals surface area contributed by atoms with E-state index in [4.69, 9.17) is 6.85 Å². The molecule has 0 saturated carbocycles. The fourth-order valence-corrected chi connectivity index (χ4v) is 0.538. The Kier molecular flexibility index (Phi) is 0.572. The molecule has 3 heteroatoms. The van der Waals surface area contributed by atoms with Gasteiger partial charge in [-0.2, -0.15) is 0 Å². The Morgan fingerprint density at radius 3 is 3.62 bits per heavy atom. The zero-order valence-electron chi connectivity index (χ0n) is 8.77. The molecule has 0 N–H and O–H groups in total. The second-order valence-electron chi connectivity index (χ2n) is 1.08. The Hall–Kier alpha value is -0.440. The van der Waals surface area contributed by atoms with Gasteiger partial charge in [-0.1, -0.05) is 0 Å². The van der Waals surface area contributed by atoms with E-state index in [1.807, 2.05) is 0 Å². The van der Waals surface area contributed by atoms with Crippen molar-refractivity contribution in [1.82, 2.24) is 9.97 Å². The standard InChI is InChI=1S/C5H5BrN2/c1-4-2-3-7-5(6)8-4/h2-3H,1H3/i1D3,2D,3D. The van der Waals surface area contributed by atoms with Gasteiger partial charge >= 0.3 is 0 Å². The maximum absolute atomic E-state index is 7.25. The van der Waals surface area contributed by atoms with Crippen molar-refractivity contribution >= 4 is 15.9 Å². The predicted molar refractivity (Wildman–Crippen MR) is 34.5 cm³/mol. The van der Waals surface area contributed by atoms with Gasteiger partial charge in [0.25, 0.3) is 0 Å². The Bertz CT molecular complexity index is 336. The van der Waals surface area contributed by atoms with E-state index in [2.05, 4.69) is 25.9 Å². The maximum Gasteiger partial charge on any atom is 0.196 e. The van der Waals surface area contributed by atoms with E-state index in [0.29, 0.717) is 0 Å². The number of hydrogen-bond acceptors (Lipinski definition) is 2. The Morgan fingerprint density at radius 1 is 2.00 bits per heavy atom. The lowest BCUT2D eigenvalue weighted by molar-refractivity contribution is 1.06. The van der Waals surface area contributed by atoms with Crippen molar-refractivity contribution in [2.75, 3.05) is 0 Å². The lowest BCUT2D eigenvalue weighted by atomic mass is 10.5. The van der Waals surface area contributed by atoms with Crippen LogP contribution < -0.4 is 0 Å². The molecule has 0 unspecified atom stereocenters. The first kappa shape index (κ1) is 2.06. The van der Waals surface area contributed by atoms with E-state index in [1.54, 1.807) is 0 Å². The molecule has 0 aliphatic heterocycles. The highest BCUT2D eigenvalue weighted by molar-refractivity contribution is 9.10. The number of halogens is 1. The van der Waals surface area contributed by atoms with Gasteiger partial charge in [0.15, 0.2) is 4.73 Å². The fourth-order valence-electron chi connectivity index (χ4n) is 0.272. The molecule has 8 heavy (non-hydrogen) atoms. The van der Waals surface area contributed by atoms with Gasteiger partial charge in [-0.15, -0.1) is 0 Å². The summed E-state index contributed by atoms with van der Waals surface area (Å²) >= 11 is 2.86. The molecule has 1 heterocycles. The molecule has 0 aliphatic rings. The zero-order valence-corrected chi connectivity index (χ0v) is 5.36. The molecule has 0 saturated heterocycles. The quantitative estimate of drug-likeness (QED) is 0.563. The van der Waals surface area contributed by atoms with Crippen molar-refractivity contribution in [1.29, 1.82) is 0 Å². The van der Waals surface area contributed by atoms with Crippen LogP contribution in [0.3, 0.4) is 0 Å². The van der Waals surface area contributed by atoms with Crippen LogP contribution in [0.4, 0.5) is 0 Å². The van der Waals surface area contributed by atoms with Crippen LogP contribution in [0.1, 0.15) is 12.5 Å². The van der Waals surface area contributed by atoms with Crippen LogP contribution in [0, 0.1) is 6.85 Å². The summed E-state index contributed by atoms with van der Waals surface area (Å²) in [4.78, 5) is 7.02. The first-order valence-electron chi connectivity index (χ1n) is 4.33. The topological polar surface area (TPSA) is 25.8 Å². The predicted octanol–water partition coefficient (Wildman–Crippen LogP) is 1.55. The highest BCUT2D eigenvalue weighted by Crippen LogP contribution is 1.99. The second-order valence-corrected chi connectivity index (χ2v) is 1.79. The Balaban J connectivity index is 3.37. The van der Waals surface area contributed by atoms with Crippen molar-refractivity contribution in [2.45, 2.75) is 6.85 Å². The summed E-state index contributed by atoms with van der Waals surface area (Å²) in [6.07, 6.45) is -0.395. The molecular formula is C5H5BrN2. The average Bonchev–Trinajstić information content (AvgIpc) is 1.94. The van der Waals surface area contributed by atoms with E-state index in [1.165, 1.54) is 0 Å². The molecule has 2 nitrogen and oxygen atoms in total. The number of rotatable bonds is 0. The summed E-state index contributed by atoms with van der Waals surface area (Å²) in [5.41, 5.74) is -0.403. The van der Waals surface area contributed by atoms with Crippen molar-refractivity contribution in [3.63, 3.8) is 0 Å². The van der Waals surface area contributed by atoms with E-state index < -0.39 is 24.8 Å². The first-order valence-corrected chi connectivity index (χ1v) is 2.63. The van der Waals surface area contributed by atoms with Gasteiger partial charge < -0.3 is 0 Å². The first-order chi connectivity index (χ1) is 5.82. The Labute approximate surface area is 63.1 Å². The molecule has 0 aliphatic carbocycles. The smallest absolute Gasteiger partial charge is 0.196 e. The van der Waals surface area contributed by atoms with E-state index in [-0.39, 0.29) is 4.73 Å². The normalized spacial score (nSPS) is 19.9. The lowest BCUT2D eigenvalue weighted by Crippen LogP contribution is -1.82. The number of hydrogen-bond donors (Lipinski definition) is 0. The third kappa shape index (κ3) is 1.26. The van der Waals surface area contributed by atoms with Gasteiger partial charge in [0.2, 0.25) is 0 Å². The van der Waals surface area contributed by atoms with E-state index in [0.717, 1.165) is 0 Å². The van der Waals surface area contributed by atoms with Crippen LogP contribution in [0.25, 0.3) is 0 Å². The summed E-state index contributed by atoms with van der Waals surface area (Å²) in [7, 11) is 0. The molecule has 0 aromatic carbocycles. The van der Waals surface area contributed by atoms with Crippen molar-refractivity contribution in [3.8, 4) is 0 Å². The molecular weight excluding hydrogens is 168 g/mol. The molecule has 0 spiro atoms. The molecule has 1 rings (SSSR count). The molecule has 0 bridgehead atoms. The van der Waals surface area contributed by atoms with Crippen LogP contribution in [0.15, 0.2) is 16.9 Å². The highest BCUT2D eigenvalue weighted by Gasteiger charge is 1.85. The maximum atomic E-state index is 7.25. The molecule has 1 aromatic heterocycles. The van der Waals surface area contributed by atoms with Crippen molar-refractivity contribution in [2.24, 2.45) is 0 Å². The van der Waals surface area contributed by atoms with Gasteiger partial charge in [-0.25, -0.2) is 9.97 Å². The minimum atomic E-state index is -2.47. The number of nitrogens with zero attached hydrogens (tertiary/aromatic N) is 2. The molecule has 0 fully saturated rings. The van der Waals surface area contributed by atoms with Gasteiger partial charge in [-0.3, -0.25) is 0 Å². The van der Waals surface area contributed by atoms with E-state index >= 15 is 0 Å².